The first-order valence-electron chi connectivity index (χ1n) is 6.03. The minimum Gasteiger partial charge on any atom is -0.476 e. The van der Waals surface area contributed by atoms with Gasteiger partial charge in [-0.2, -0.15) is 0 Å². The molecule has 3 heteroatoms. The molecule has 1 atom stereocenters. The van der Waals surface area contributed by atoms with Crippen LogP contribution in [0.3, 0.4) is 0 Å². The fourth-order valence-corrected chi connectivity index (χ4v) is 1.88. The fourth-order valence-electron chi connectivity index (χ4n) is 1.88. The number of rotatable bonds is 3. The Hall–Kier alpha value is -1.61. The van der Waals surface area contributed by atoms with Crippen molar-refractivity contribution in [2.45, 2.75) is 31.9 Å². The maximum atomic E-state index is 10.6. The molecule has 0 aliphatic carbocycles. The largest absolute Gasteiger partial charge is 0.476 e. The van der Waals surface area contributed by atoms with E-state index in [0.29, 0.717) is 18.1 Å². The molecule has 3 nitrogen and oxygen atoms in total. The average Bonchev–Trinajstić information content (AvgIpc) is 2.70. The molecule has 0 radical (unpaired) electrons. The number of aliphatic imine (C=N–C) groups is 1. The van der Waals surface area contributed by atoms with E-state index >= 15 is 0 Å². The first-order chi connectivity index (χ1) is 8.33. The Kier molecular flexibility index (Phi) is 3.03. The van der Waals surface area contributed by atoms with Gasteiger partial charge in [-0.25, -0.2) is 4.99 Å². The van der Waals surface area contributed by atoms with Crippen LogP contribution in [0, 0.1) is 0 Å². The highest BCUT2D eigenvalue weighted by molar-refractivity contribution is 5.99. The lowest BCUT2D eigenvalue weighted by molar-refractivity contribution is 0.153. The Morgan fingerprint density at radius 2 is 2.00 bits per heavy atom. The molecule has 1 aromatic carbocycles. The van der Waals surface area contributed by atoms with E-state index in [4.69, 9.17) is 4.74 Å². The lowest BCUT2D eigenvalue weighted by Crippen LogP contribution is -2.36. The highest BCUT2D eigenvalue weighted by atomic mass is 16.5. The van der Waals surface area contributed by atoms with E-state index in [1.54, 1.807) is 6.92 Å². The van der Waals surface area contributed by atoms with Crippen molar-refractivity contribution in [1.82, 2.24) is 0 Å². The summed E-state index contributed by atoms with van der Waals surface area (Å²) in [6, 6.07) is 9.59. The van der Waals surface area contributed by atoms with Crippen LogP contribution in [-0.4, -0.2) is 28.8 Å². The van der Waals surface area contributed by atoms with Crippen LogP contribution in [0.15, 0.2) is 41.9 Å². The first kappa shape index (κ1) is 12.8. The predicted molar refractivity (Wildman–Crippen MR) is 73.6 cm³/mol. The van der Waals surface area contributed by atoms with Crippen LogP contribution in [0.4, 0.5) is 0 Å². The fraction of sp³-hybridized carbons (Fsp3) is 0.400. The van der Waals surface area contributed by atoms with Crippen molar-refractivity contribution in [3.8, 4) is 0 Å². The van der Waals surface area contributed by atoms with Gasteiger partial charge in [-0.05, 0) is 31.9 Å². The van der Waals surface area contributed by atoms with Crippen LogP contribution in [-0.2, 0) is 4.74 Å². The number of ether oxygens (including phenoxy) is 1. The third-order valence-corrected chi connectivity index (χ3v) is 3.09. The standard InChI is InChI=1S/C15H19NO2/c1-11(12-8-6-5-7-9-12)15(4,17)13-16-14(2,3)10-18-13/h5-9,17H,1,10H2,2-4H3. The molecule has 1 aromatic rings. The Morgan fingerprint density at radius 3 is 2.50 bits per heavy atom. The van der Waals surface area contributed by atoms with Gasteiger partial charge in [-0.15, -0.1) is 0 Å². The summed E-state index contributed by atoms with van der Waals surface area (Å²) in [4.78, 5) is 4.42. The van der Waals surface area contributed by atoms with Gasteiger partial charge in [0.25, 0.3) is 0 Å². The highest BCUT2D eigenvalue weighted by Gasteiger charge is 2.39. The van der Waals surface area contributed by atoms with Crippen molar-refractivity contribution in [2.24, 2.45) is 4.99 Å². The zero-order valence-corrected chi connectivity index (χ0v) is 11.1. The number of benzene rings is 1. The smallest absolute Gasteiger partial charge is 0.221 e. The van der Waals surface area contributed by atoms with Gasteiger partial charge < -0.3 is 9.84 Å². The van der Waals surface area contributed by atoms with Gasteiger partial charge in [0, 0.05) is 0 Å². The molecule has 0 spiro atoms. The maximum Gasteiger partial charge on any atom is 0.221 e. The van der Waals surface area contributed by atoms with E-state index in [1.807, 2.05) is 44.2 Å². The van der Waals surface area contributed by atoms with Crippen molar-refractivity contribution in [2.75, 3.05) is 6.61 Å². The molecule has 18 heavy (non-hydrogen) atoms. The molecule has 1 N–H and O–H groups in total. The van der Waals surface area contributed by atoms with Crippen molar-refractivity contribution >= 4 is 11.5 Å². The zero-order valence-electron chi connectivity index (χ0n) is 11.1. The van der Waals surface area contributed by atoms with Gasteiger partial charge in [0.15, 0.2) is 5.60 Å². The molecule has 0 amide bonds. The second-order valence-electron chi connectivity index (χ2n) is 5.43. The Balaban J connectivity index is 2.30. The molecule has 1 unspecified atom stereocenters. The van der Waals surface area contributed by atoms with Gasteiger partial charge in [-0.1, -0.05) is 36.9 Å². The summed E-state index contributed by atoms with van der Waals surface area (Å²) in [6.45, 7) is 10.1. The molecule has 1 aliphatic rings. The number of nitrogens with zero attached hydrogens (tertiary/aromatic N) is 1. The SMILES string of the molecule is C=C(c1ccccc1)C(C)(O)C1=NC(C)(C)CO1. The Labute approximate surface area is 108 Å². The minimum absolute atomic E-state index is 0.281. The summed E-state index contributed by atoms with van der Waals surface area (Å²) in [7, 11) is 0. The third-order valence-electron chi connectivity index (χ3n) is 3.09. The van der Waals surface area contributed by atoms with Crippen LogP contribution < -0.4 is 0 Å². The molecular weight excluding hydrogens is 226 g/mol. The quantitative estimate of drug-likeness (QED) is 0.889. The van der Waals surface area contributed by atoms with Gasteiger partial charge >= 0.3 is 0 Å². The molecule has 0 saturated heterocycles. The van der Waals surface area contributed by atoms with E-state index < -0.39 is 5.60 Å². The molecule has 96 valence electrons. The van der Waals surface area contributed by atoms with E-state index in [9.17, 15) is 5.11 Å². The Morgan fingerprint density at radius 1 is 1.39 bits per heavy atom. The molecule has 0 aromatic heterocycles. The monoisotopic (exact) mass is 245 g/mol. The van der Waals surface area contributed by atoms with Gasteiger partial charge in [0.1, 0.15) is 6.61 Å². The summed E-state index contributed by atoms with van der Waals surface area (Å²) in [5.74, 6) is 0.348. The summed E-state index contributed by atoms with van der Waals surface area (Å²) in [5, 5.41) is 10.6. The first-order valence-corrected chi connectivity index (χ1v) is 6.03. The average molecular weight is 245 g/mol. The van der Waals surface area contributed by atoms with Crippen molar-refractivity contribution in [1.29, 1.82) is 0 Å². The predicted octanol–water partition coefficient (Wildman–Crippen LogP) is 2.66. The van der Waals surface area contributed by atoms with Crippen LogP contribution in [0.1, 0.15) is 26.3 Å². The maximum absolute atomic E-state index is 10.6. The van der Waals surface area contributed by atoms with Crippen molar-refractivity contribution in [3.63, 3.8) is 0 Å². The van der Waals surface area contributed by atoms with E-state index in [1.165, 1.54) is 0 Å². The third kappa shape index (κ3) is 2.31. The topological polar surface area (TPSA) is 41.8 Å². The lowest BCUT2D eigenvalue weighted by atomic mass is 9.91. The minimum atomic E-state index is -1.27. The van der Waals surface area contributed by atoms with Gasteiger partial charge in [0.05, 0.1) is 5.54 Å². The summed E-state index contributed by atoms with van der Waals surface area (Å²) >= 11 is 0. The van der Waals surface area contributed by atoms with Crippen LogP contribution >= 0.6 is 0 Å². The van der Waals surface area contributed by atoms with Crippen LogP contribution in [0.2, 0.25) is 0 Å². The Bertz CT molecular complexity index is 486. The molecule has 1 heterocycles. The number of hydrogen-bond acceptors (Lipinski definition) is 3. The molecule has 1 aliphatic heterocycles. The molecule has 0 fully saturated rings. The van der Waals surface area contributed by atoms with E-state index in [-0.39, 0.29) is 5.54 Å². The molecular formula is C15H19NO2. The van der Waals surface area contributed by atoms with E-state index in [0.717, 1.165) is 5.56 Å². The second-order valence-corrected chi connectivity index (χ2v) is 5.43. The normalized spacial score (nSPS) is 20.8. The molecule has 0 saturated carbocycles. The number of aliphatic hydroxyl groups is 1. The molecule has 0 bridgehead atoms. The summed E-state index contributed by atoms with van der Waals surface area (Å²) in [5.41, 5.74) is -0.0659. The van der Waals surface area contributed by atoms with E-state index in [2.05, 4.69) is 11.6 Å². The zero-order chi connectivity index (χ0) is 13.4. The second kappa shape index (κ2) is 4.25. The summed E-state index contributed by atoms with van der Waals surface area (Å²) in [6.07, 6.45) is 0. The van der Waals surface area contributed by atoms with Crippen LogP contribution in [0.5, 0.6) is 0 Å². The van der Waals surface area contributed by atoms with Crippen molar-refractivity contribution < 1.29 is 9.84 Å². The van der Waals surface area contributed by atoms with Crippen molar-refractivity contribution in [3.05, 3.63) is 42.5 Å². The highest BCUT2D eigenvalue weighted by Crippen LogP contribution is 2.31. The number of hydrogen-bond donors (Lipinski definition) is 1. The lowest BCUT2D eigenvalue weighted by Gasteiger charge is -2.25. The van der Waals surface area contributed by atoms with Gasteiger partial charge in [-0.3, -0.25) is 0 Å². The van der Waals surface area contributed by atoms with Crippen LogP contribution in [0.25, 0.3) is 5.57 Å². The summed E-state index contributed by atoms with van der Waals surface area (Å²) < 4.78 is 5.51. The molecule has 2 rings (SSSR count). The van der Waals surface area contributed by atoms with Gasteiger partial charge in [0.2, 0.25) is 5.90 Å².